The van der Waals surface area contributed by atoms with Gasteiger partial charge in [0.1, 0.15) is 12.0 Å². The lowest BCUT2D eigenvalue weighted by Gasteiger charge is -2.28. The minimum absolute atomic E-state index is 0.207. The van der Waals surface area contributed by atoms with Crippen LogP contribution in [0.15, 0.2) is 46.9 Å². The number of hydrogen-bond acceptors (Lipinski definition) is 2. The molecule has 1 amide bonds. The van der Waals surface area contributed by atoms with Crippen molar-refractivity contribution in [3.05, 3.63) is 63.9 Å². The van der Waals surface area contributed by atoms with E-state index in [0.717, 1.165) is 0 Å². The summed E-state index contributed by atoms with van der Waals surface area (Å²) in [4.78, 5) is 12.0. The number of fused-ring (bicyclic) bond motifs is 1. The molecule has 0 aromatic heterocycles. The summed E-state index contributed by atoms with van der Waals surface area (Å²) in [5, 5.41) is 5.86. The van der Waals surface area contributed by atoms with E-state index in [4.69, 9.17) is 0 Å². The Morgan fingerprint density at radius 3 is 2.68 bits per heavy atom. The fourth-order valence-electron chi connectivity index (χ4n) is 2.10. The van der Waals surface area contributed by atoms with Crippen molar-refractivity contribution in [3.63, 3.8) is 0 Å². The van der Waals surface area contributed by atoms with E-state index in [-0.39, 0.29) is 11.7 Å². The topological polar surface area (TPSA) is 41.1 Å². The highest BCUT2D eigenvalue weighted by Gasteiger charge is 2.25. The molecule has 2 N–H and O–H groups in total. The highest BCUT2D eigenvalue weighted by atomic mass is 79.9. The highest BCUT2D eigenvalue weighted by Crippen LogP contribution is 2.28. The fraction of sp³-hybridized carbons (Fsp3) is 0.0714. The highest BCUT2D eigenvalue weighted by molar-refractivity contribution is 9.10. The van der Waals surface area contributed by atoms with E-state index >= 15 is 0 Å². The van der Waals surface area contributed by atoms with Crippen LogP contribution < -0.4 is 10.6 Å². The molecule has 0 spiro atoms. The Bertz CT molecular complexity index is 660. The third-order valence-electron chi connectivity index (χ3n) is 3.02. The van der Waals surface area contributed by atoms with Crippen LogP contribution in [0, 0.1) is 5.82 Å². The van der Waals surface area contributed by atoms with Crippen LogP contribution in [-0.4, -0.2) is 5.91 Å². The maximum absolute atomic E-state index is 13.9. The molecule has 2 aromatic carbocycles. The van der Waals surface area contributed by atoms with Gasteiger partial charge < -0.3 is 10.6 Å². The van der Waals surface area contributed by atoms with Gasteiger partial charge in [0.05, 0.1) is 5.56 Å². The molecule has 1 heterocycles. The van der Waals surface area contributed by atoms with Gasteiger partial charge in [-0.05, 0) is 24.3 Å². The van der Waals surface area contributed by atoms with Gasteiger partial charge in [0.25, 0.3) is 5.91 Å². The third-order valence-corrected chi connectivity index (χ3v) is 3.51. The molecule has 2 aromatic rings. The van der Waals surface area contributed by atoms with Crippen molar-refractivity contribution in [1.29, 1.82) is 0 Å². The van der Waals surface area contributed by atoms with E-state index in [9.17, 15) is 9.18 Å². The molecule has 1 aliphatic rings. The molecule has 0 bridgehead atoms. The van der Waals surface area contributed by atoms with Gasteiger partial charge >= 0.3 is 0 Å². The van der Waals surface area contributed by atoms with Crippen molar-refractivity contribution >= 4 is 27.5 Å². The number of amides is 1. The quantitative estimate of drug-likeness (QED) is 0.845. The Kier molecular flexibility index (Phi) is 2.98. The smallest absolute Gasteiger partial charge is 0.255 e. The monoisotopic (exact) mass is 320 g/mol. The summed E-state index contributed by atoms with van der Waals surface area (Å²) in [6.45, 7) is 0. The zero-order valence-corrected chi connectivity index (χ0v) is 11.4. The normalized spacial score (nSPS) is 17.4. The standard InChI is InChI=1S/C14H10BrFN2O/c15-8-5-6-9(11(16)7-8)13-17-12-4-2-1-3-10(12)14(19)18-13/h1-7,13,17H,(H,18,19). The minimum Gasteiger partial charge on any atom is -0.361 e. The first-order valence-electron chi connectivity index (χ1n) is 5.76. The van der Waals surface area contributed by atoms with Crippen molar-refractivity contribution in [2.24, 2.45) is 0 Å². The number of para-hydroxylation sites is 1. The van der Waals surface area contributed by atoms with E-state index in [0.29, 0.717) is 21.3 Å². The zero-order chi connectivity index (χ0) is 13.4. The largest absolute Gasteiger partial charge is 0.361 e. The molecule has 1 aliphatic heterocycles. The molecule has 96 valence electrons. The summed E-state index contributed by atoms with van der Waals surface area (Å²) in [6.07, 6.45) is -0.560. The summed E-state index contributed by atoms with van der Waals surface area (Å²) < 4.78 is 14.6. The van der Waals surface area contributed by atoms with E-state index in [1.165, 1.54) is 6.07 Å². The first-order chi connectivity index (χ1) is 9.15. The Balaban J connectivity index is 1.99. The lowest BCUT2D eigenvalue weighted by Crippen LogP contribution is -2.38. The minimum atomic E-state index is -0.560. The molecule has 0 fully saturated rings. The predicted octanol–water partition coefficient (Wildman–Crippen LogP) is 3.44. The second-order valence-corrected chi connectivity index (χ2v) is 5.18. The number of anilines is 1. The lowest BCUT2D eigenvalue weighted by molar-refractivity contribution is 0.0935. The van der Waals surface area contributed by atoms with Gasteiger partial charge in [0.2, 0.25) is 0 Å². The molecular weight excluding hydrogens is 311 g/mol. The molecule has 1 unspecified atom stereocenters. The molecule has 3 nitrogen and oxygen atoms in total. The van der Waals surface area contributed by atoms with Gasteiger partial charge in [-0.2, -0.15) is 0 Å². The molecule has 0 saturated heterocycles. The van der Waals surface area contributed by atoms with Crippen molar-refractivity contribution < 1.29 is 9.18 Å². The van der Waals surface area contributed by atoms with Crippen molar-refractivity contribution in [2.75, 3.05) is 5.32 Å². The molecular formula is C14H10BrFN2O. The molecule has 1 atom stereocenters. The SMILES string of the molecule is O=C1NC(c2ccc(Br)cc2F)Nc2ccccc21. The maximum atomic E-state index is 13.9. The summed E-state index contributed by atoms with van der Waals surface area (Å²) in [5.41, 5.74) is 1.68. The summed E-state index contributed by atoms with van der Waals surface area (Å²) in [5.74, 6) is -0.576. The van der Waals surface area contributed by atoms with Gasteiger partial charge in [0.15, 0.2) is 0 Å². The average Bonchev–Trinajstić information content (AvgIpc) is 2.38. The number of rotatable bonds is 1. The number of halogens is 2. The number of carbonyl (C=O) groups is 1. The predicted molar refractivity (Wildman–Crippen MR) is 74.4 cm³/mol. The van der Waals surface area contributed by atoms with Crippen LogP contribution in [0.25, 0.3) is 0 Å². The van der Waals surface area contributed by atoms with E-state index in [1.54, 1.807) is 30.3 Å². The lowest BCUT2D eigenvalue weighted by atomic mass is 10.1. The molecule has 0 saturated carbocycles. The summed E-state index contributed by atoms with van der Waals surface area (Å²) in [7, 11) is 0. The second kappa shape index (κ2) is 4.66. The molecule has 19 heavy (non-hydrogen) atoms. The first-order valence-corrected chi connectivity index (χ1v) is 6.56. The number of carbonyl (C=O) groups excluding carboxylic acids is 1. The van der Waals surface area contributed by atoms with Crippen LogP contribution in [0.4, 0.5) is 10.1 Å². The molecule has 5 heteroatoms. The van der Waals surface area contributed by atoms with E-state index < -0.39 is 6.17 Å². The van der Waals surface area contributed by atoms with Crippen LogP contribution in [0.1, 0.15) is 22.1 Å². The van der Waals surface area contributed by atoms with Crippen molar-refractivity contribution in [1.82, 2.24) is 5.32 Å². The van der Waals surface area contributed by atoms with Crippen LogP contribution in [-0.2, 0) is 0 Å². The fourth-order valence-corrected chi connectivity index (χ4v) is 2.43. The second-order valence-electron chi connectivity index (χ2n) is 4.26. The zero-order valence-electron chi connectivity index (χ0n) is 9.78. The van der Waals surface area contributed by atoms with Gasteiger partial charge in [-0.25, -0.2) is 4.39 Å². The van der Waals surface area contributed by atoms with Crippen molar-refractivity contribution in [2.45, 2.75) is 6.17 Å². The Morgan fingerprint density at radius 2 is 1.89 bits per heavy atom. The Hall–Kier alpha value is -1.88. The molecule has 3 rings (SSSR count). The Morgan fingerprint density at radius 1 is 1.11 bits per heavy atom. The van der Waals surface area contributed by atoms with Crippen LogP contribution in [0.3, 0.4) is 0 Å². The van der Waals surface area contributed by atoms with Crippen molar-refractivity contribution in [3.8, 4) is 0 Å². The average molecular weight is 321 g/mol. The summed E-state index contributed by atoms with van der Waals surface area (Å²) >= 11 is 3.21. The number of hydrogen-bond donors (Lipinski definition) is 2. The number of nitrogens with one attached hydrogen (secondary N) is 2. The van der Waals surface area contributed by atoms with Gasteiger partial charge in [-0.3, -0.25) is 4.79 Å². The first kappa shape index (κ1) is 12.2. The van der Waals surface area contributed by atoms with Gasteiger partial charge in [-0.15, -0.1) is 0 Å². The van der Waals surface area contributed by atoms with Gasteiger partial charge in [-0.1, -0.05) is 34.1 Å². The van der Waals surface area contributed by atoms with E-state index in [1.807, 2.05) is 6.07 Å². The molecule has 0 aliphatic carbocycles. The molecule has 0 radical (unpaired) electrons. The van der Waals surface area contributed by atoms with Crippen LogP contribution >= 0.6 is 15.9 Å². The van der Waals surface area contributed by atoms with Crippen LogP contribution in [0.5, 0.6) is 0 Å². The summed E-state index contributed by atoms with van der Waals surface area (Å²) in [6, 6.07) is 11.9. The Labute approximate surface area is 118 Å². The van der Waals surface area contributed by atoms with Crippen LogP contribution in [0.2, 0.25) is 0 Å². The maximum Gasteiger partial charge on any atom is 0.255 e. The van der Waals surface area contributed by atoms with Gasteiger partial charge in [0, 0.05) is 15.7 Å². The van der Waals surface area contributed by atoms with E-state index in [2.05, 4.69) is 26.6 Å². The third kappa shape index (κ3) is 2.21. The number of benzene rings is 2.